The van der Waals surface area contributed by atoms with E-state index in [1.165, 1.54) is 5.56 Å². The maximum atomic E-state index is 12.4. The summed E-state index contributed by atoms with van der Waals surface area (Å²) < 4.78 is 0. The van der Waals surface area contributed by atoms with Gasteiger partial charge in [0.05, 0.1) is 5.92 Å². The van der Waals surface area contributed by atoms with Crippen LogP contribution in [0.2, 0.25) is 0 Å². The standard InChI is InChI=1S/C18H21NO/c1-13(2)16-11-7-8-12-17(16)19-18(20)14(3)15-9-5-4-6-10-15/h4-14H,1-3H3,(H,19,20)/t14-/m0/s1. The second-order valence-corrected chi connectivity index (χ2v) is 5.36. The van der Waals surface area contributed by atoms with Gasteiger partial charge in [-0.2, -0.15) is 0 Å². The molecule has 20 heavy (non-hydrogen) atoms. The Morgan fingerprint density at radius 3 is 2.15 bits per heavy atom. The molecule has 0 unspecified atom stereocenters. The molecule has 1 amide bonds. The molecule has 2 heteroatoms. The van der Waals surface area contributed by atoms with Crippen LogP contribution in [0.25, 0.3) is 0 Å². The first-order valence-corrected chi connectivity index (χ1v) is 7.04. The molecule has 2 aromatic rings. The van der Waals surface area contributed by atoms with Gasteiger partial charge >= 0.3 is 0 Å². The summed E-state index contributed by atoms with van der Waals surface area (Å²) in [5.41, 5.74) is 3.11. The number of rotatable bonds is 4. The van der Waals surface area contributed by atoms with Gasteiger partial charge < -0.3 is 5.32 Å². The van der Waals surface area contributed by atoms with Crippen molar-refractivity contribution < 1.29 is 4.79 Å². The predicted molar refractivity (Wildman–Crippen MR) is 84.0 cm³/mol. The highest BCUT2D eigenvalue weighted by Gasteiger charge is 2.16. The Kier molecular flexibility index (Phi) is 4.57. The van der Waals surface area contributed by atoms with E-state index in [2.05, 4.69) is 25.2 Å². The zero-order valence-corrected chi connectivity index (χ0v) is 12.3. The monoisotopic (exact) mass is 267 g/mol. The summed E-state index contributed by atoms with van der Waals surface area (Å²) in [5.74, 6) is 0.263. The summed E-state index contributed by atoms with van der Waals surface area (Å²) in [6.45, 7) is 6.19. The molecule has 0 bridgehead atoms. The molecule has 0 fully saturated rings. The molecule has 0 radical (unpaired) electrons. The first-order valence-electron chi connectivity index (χ1n) is 7.04. The van der Waals surface area contributed by atoms with Gasteiger partial charge in [-0.15, -0.1) is 0 Å². The van der Waals surface area contributed by atoms with Gasteiger partial charge in [0.25, 0.3) is 0 Å². The SMILES string of the molecule is CC(C)c1ccccc1NC(=O)[C@@H](C)c1ccccc1. The molecule has 0 saturated carbocycles. The minimum Gasteiger partial charge on any atom is -0.325 e. The minimum absolute atomic E-state index is 0.0318. The molecule has 0 aliphatic heterocycles. The Morgan fingerprint density at radius 2 is 1.50 bits per heavy atom. The van der Waals surface area contributed by atoms with E-state index in [1.807, 2.05) is 55.5 Å². The lowest BCUT2D eigenvalue weighted by molar-refractivity contribution is -0.117. The van der Waals surface area contributed by atoms with Crippen LogP contribution in [0.15, 0.2) is 54.6 Å². The largest absolute Gasteiger partial charge is 0.325 e. The lowest BCUT2D eigenvalue weighted by Crippen LogP contribution is -2.19. The lowest BCUT2D eigenvalue weighted by atomic mass is 9.98. The molecular formula is C18H21NO. The maximum Gasteiger partial charge on any atom is 0.231 e. The molecule has 2 nitrogen and oxygen atoms in total. The van der Waals surface area contributed by atoms with Gasteiger partial charge in [-0.3, -0.25) is 4.79 Å². The lowest BCUT2D eigenvalue weighted by Gasteiger charge is -2.16. The van der Waals surface area contributed by atoms with Crippen LogP contribution in [0.5, 0.6) is 0 Å². The number of hydrogen-bond donors (Lipinski definition) is 1. The molecule has 1 N–H and O–H groups in total. The number of amides is 1. The van der Waals surface area contributed by atoms with Crippen molar-refractivity contribution in [1.82, 2.24) is 0 Å². The Balaban J connectivity index is 2.16. The highest BCUT2D eigenvalue weighted by atomic mass is 16.1. The van der Waals surface area contributed by atoms with Crippen molar-refractivity contribution in [3.8, 4) is 0 Å². The van der Waals surface area contributed by atoms with Gasteiger partial charge in [0.15, 0.2) is 0 Å². The third kappa shape index (κ3) is 3.27. The van der Waals surface area contributed by atoms with Crippen molar-refractivity contribution in [2.45, 2.75) is 32.6 Å². The number of carbonyl (C=O) groups is 1. The van der Waals surface area contributed by atoms with Gasteiger partial charge in [0.2, 0.25) is 5.91 Å². The van der Waals surface area contributed by atoms with Crippen molar-refractivity contribution in [3.63, 3.8) is 0 Å². The summed E-state index contributed by atoms with van der Waals surface area (Å²) in [7, 11) is 0. The number of hydrogen-bond acceptors (Lipinski definition) is 1. The minimum atomic E-state index is -0.156. The Hall–Kier alpha value is -2.09. The Labute approximate surface area is 120 Å². The molecule has 2 rings (SSSR count). The summed E-state index contributed by atoms with van der Waals surface area (Å²) in [4.78, 5) is 12.4. The predicted octanol–water partition coefficient (Wildman–Crippen LogP) is 4.55. The van der Waals surface area contributed by atoms with Crippen LogP contribution in [0, 0.1) is 0 Å². The maximum absolute atomic E-state index is 12.4. The molecule has 0 aliphatic carbocycles. The second kappa shape index (κ2) is 6.38. The highest BCUT2D eigenvalue weighted by Crippen LogP contribution is 2.25. The molecule has 0 saturated heterocycles. The van der Waals surface area contributed by atoms with Gasteiger partial charge in [-0.25, -0.2) is 0 Å². The highest BCUT2D eigenvalue weighted by molar-refractivity contribution is 5.96. The normalized spacial score (nSPS) is 12.2. The number of benzene rings is 2. The molecule has 0 aliphatic rings. The zero-order valence-electron chi connectivity index (χ0n) is 12.3. The van der Waals surface area contributed by atoms with Gasteiger partial charge in [-0.1, -0.05) is 62.4 Å². The Bertz CT molecular complexity index is 575. The number of anilines is 1. The van der Waals surface area contributed by atoms with E-state index in [1.54, 1.807) is 0 Å². The second-order valence-electron chi connectivity index (χ2n) is 5.36. The van der Waals surface area contributed by atoms with Crippen LogP contribution in [-0.4, -0.2) is 5.91 Å². The van der Waals surface area contributed by atoms with Gasteiger partial charge in [0, 0.05) is 5.69 Å². The van der Waals surface area contributed by atoms with E-state index in [-0.39, 0.29) is 11.8 Å². The third-order valence-electron chi connectivity index (χ3n) is 3.53. The van der Waals surface area contributed by atoms with E-state index in [0.717, 1.165) is 11.3 Å². The fourth-order valence-electron chi connectivity index (χ4n) is 2.25. The van der Waals surface area contributed by atoms with Crippen LogP contribution in [0.1, 0.15) is 43.7 Å². The van der Waals surface area contributed by atoms with Crippen LogP contribution >= 0.6 is 0 Å². The van der Waals surface area contributed by atoms with Crippen LogP contribution in [0.4, 0.5) is 5.69 Å². The zero-order chi connectivity index (χ0) is 14.5. The molecule has 2 aromatic carbocycles. The molecule has 1 atom stereocenters. The van der Waals surface area contributed by atoms with Crippen LogP contribution in [-0.2, 0) is 4.79 Å². The van der Waals surface area contributed by atoms with E-state index in [9.17, 15) is 4.79 Å². The topological polar surface area (TPSA) is 29.1 Å². The van der Waals surface area contributed by atoms with Crippen molar-refractivity contribution in [2.24, 2.45) is 0 Å². The van der Waals surface area contributed by atoms with Crippen molar-refractivity contribution in [2.75, 3.05) is 5.32 Å². The Morgan fingerprint density at radius 1 is 0.900 bits per heavy atom. The summed E-state index contributed by atoms with van der Waals surface area (Å²) >= 11 is 0. The van der Waals surface area contributed by atoms with Crippen molar-refractivity contribution in [3.05, 3.63) is 65.7 Å². The summed E-state index contributed by atoms with van der Waals surface area (Å²) in [5, 5.41) is 3.05. The fraction of sp³-hybridized carbons (Fsp3) is 0.278. The first kappa shape index (κ1) is 14.3. The number of carbonyl (C=O) groups excluding carboxylic acids is 1. The summed E-state index contributed by atoms with van der Waals surface area (Å²) in [6.07, 6.45) is 0. The van der Waals surface area contributed by atoms with Crippen LogP contribution in [0.3, 0.4) is 0 Å². The van der Waals surface area contributed by atoms with Gasteiger partial charge in [0.1, 0.15) is 0 Å². The quantitative estimate of drug-likeness (QED) is 0.865. The van der Waals surface area contributed by atoms with Gasteiger partial charge in [-0.05, 0) is 30.0 Å². The molecule has 0 spiro atoms. The fourth-order valence-corrected chi connectivity index (χ4v) is 2.25. The molecule has 0 heterocycles. The van der Waals surface area contributed by atoms with Crippen molar-refractivity contribution in [1.29, 1.82) is 0 Å². The van der Waals surface area contributed by atoms with E-state index in [0.29, 0.717) is 5.92 Å². The van der Waals surface area contributed by atoms with Crippen LogP contribution < -0.4 is 5.32 Å². The van der Waals surface area contributed by atoms with E-state index in [4.69, 9.17) is 0 Å². The smallest absolute Gasteiger partial charge is 0.231 e. The first-order chi connectivity index (χ1) is 9.59. The van der Waals surface area contributed by atoms with Crippen molar-refractivity contribution >= 4 is 11.6 Å². The van der Waals surface area contributed by atoms with E-state index < -0.39 is 0 Å². The summed E-state index contributed by atoms with van der Waals surface area (Å²) in [6, 6.07) is 17.8. The number of para-hydroxylation sites is 1. The molecule has 104 valence electrons. The third-order valence-corrected chi connectivity index (χ3v) is 3.53. The average Bonchev–Trinajstić information content (AvgIpc) is 2.47. The van der Waals surface area contributed by atoms with E-state index >= 15 is 0 Å². The average molecular weight is 267 g/mol. The molecule has 0 aromatic heterocycles. The molecular weight excluding hydrogens is 246 g/mol. The number of nitrogens with one attached hydrogen (secondary N) is 1.